The van der Waals surface area contributed by atoms with Gasteiger partial charge >= 0.3 is 23.9 Å². The van der Waals surface area contributed by atoms with E-state index in [0.29, 0.717) is 5.56 Å². The van der Waals surface area contributed by atoms with Crippen molar-refractivity contribution >= 4 is 23.9 Å². The quantitative estimate of drug-likeness (QED) is 0.318. The molecule has 6 aliphatic rings. The number of carbonyl (C=O) groups is 4. The van der Waals surface area contributed by atoms with E-state index in [4.69, 9.17) is 23.7 Å². The minimum atomic E-state index is -2.48. The zero-order valence-corrected chi connectivity index (χ0v) is 22.2. The minimum absolute atomic E-state index is 0.123. The zero-order chi connectivity index (χ0) is 28.8. The van der Waals surface area contributed by atoms with Crippen LogP contribution in [0, 0.1) is 28.1 Å². The van der Waals surface area contributed by atoms with Crippen LogP contribution in [0.5, 0.6) is 0 Å². The van der Waals surface area contributed by atoms with Crippen LogP contribution in [0.15, 0.2) is 30.3 Å². The maximum absolute atomic E-state index is 13.9. The summed E-state index contributed by atoms with van der Waals surface area (Å²) in [6, 6.07) is 8.82. The van der Waals surface area contributed by atoms with Gasteiger partial charge in [-0.05, 0) is 17.9 Å². The highest BCUT2D eigenvalue weighted by Crippen LogP contribution is 2.84. The number of rotatable bonds is 3. The van der Waals surface area contributed by atoms with Gasteiger partial charge < -0.3 is 39.0 Å². The molecule has 0 bridgehead atoms. The van der Waals surface area contributed by atoms with Crippen LogP contribution in [0.4, 0.5) is 0 Å². The predicted octanol–water partition coefficient (Wildman–Crippen LogP) is -0.605. The molecule has 12 atom stereocenters. The molecule has 0 amide bonds. The molecule has 1 aromatic rings. The summed E-state index contributed by atoms with van der Waals surface area (Å²) in [7, 11) is 0. The first-order chi connectivity index (χ1) is 18.7. The van der Waals surface area contributed by atoms with Gasteiger partial charge in [-0.25, -0.2) is 9.59 Å². The normalized spacial score (nSPS) is 49.6. The molecule has 2 saturated carbocycles. The zero-order valence-electron chi connectivity index (χ0n) is 22.2. The highest BCUT2D eigenvalue weighted by atomic mass is 16.8. The van der Waals surface area contributed by atoms with E-state index in [9.17, 15) is 34.5 Å². The summed E-state index contributed by atoms with van der Waals surface area (Å²) in [4.78, 5) is 52.9. The van der Waals surface area contributed by atoms with Crippen LogP contribution in [0.2, 0.25) is 0 Å². The van der Waals surface area contributed by atoms with Gasteiger partial charge in [0.05, 0.1) is 23.2 Å². The van der Waals surface area contributed by atoms with E-state index in [2.05, 4.69) is 0 Å². The summed E-state index contributed by atoms with van der Waals surface area (Å²) in [6.45, 7) is 6.70. The highest BCUT2D eigenvalue weighted by Gasteiger charge is 3.05. The van der Waals surface area contributed by atoms with Gasteiger partial charge in [0.1, 0.15) is 12.2 Å². The first-order valence-corrected chi connectivity index (χ1v) is 13.3. The van der Waals surface area contributed by atoms with E-state index in [1.165, 1.54) is 6.92 Å². The number of esters is 4. The van der Waals surface area contributed by atoms with Gasteiger partial charge in [0.25, 0.3) is 0 Å². The van der Waals surface area contributed by atoms with E-state index < -0.39 is 100.0 Å². The number of aliphatic hydroxyl groups is 3. The Hall–Kier alpha value is -3.06. The van der Waals surface area contributed by atoms with Crippen molar-refractivity contribution in [2.45, 2.75) is 82.1 Å². The number of fused-ring (bicyclic) bond motifs is 1. The van der Waals surface area contributed by atoms with Crippen LogP contribution >= 0.6 is 0 Å². The second-order valence-corrected chi connectivity index (χ2v) is 12.9. The second-order valence-electron chi connectivity index (χ2n) is 12.9. The number of carbonyl (C=O) groups excluding carboxylic acids is 4. The Labute approximate surface area is 228 Å². The fraction of sp³-hybridized carbons (Fsp3) is 0.643. The third kappa shape index (κ3) is 2.35. The highest BCUT2D eigenvalue weighted by molar-refractivity contribution is 5.94. The van der Waals surface area contributed by atoms with Crippen molar-refractivity contribution in [1.29, 1.82) is 0 Å². The molecule has 0 radical (unpaired) electrons. The molecule has 6 fully saturated rings. The van der Waals surface area contributed by atoms with E-state index in [1.54, 1.807) is 51.1 Å². The molecule has 12 heteroatoms. The van der Waals surface area contributed by atoms with Crippen LogP contribution in [0.1, 0.15) is 33.3 Å². The van der Waals surface area contributed by atoms with E-state index in [1.807, 2.05) is 0 Å². The third-order valence-electron chi connectivity index (χ3n) is 10.4. The molecule has 2 aliphatic carbocycles. The molecule has 4 aliphatic heterocycles. The molecule has 40 heavy (non-hydrogen) atoms. The second kappa shape index (κ2) is 7.41. The summed E-state index contributed by atoms with van der Waals surface area (Å²) in [5.41, 5.74) is -9.14. The third-order valence-corrected chi connectivity index (χ3v) is 10.4. The van der Waals surface area contributed by atoms with Crippen LogP contribution in [0.3, 0.4) is 0 Å². The molecule has 4 heterocycles. The van der Waals surface area contributed by atoms with Crippen LogP contribution in [-0.4, -0.2) is 87.2 Å². The SMILES string of the molecule is C[C@@H]1C(=O)OC2[C@H](O)C34C5OC(=O)C3(OC3OC(=O)[C@@H](O)C34[C@H](C(C)(C)C)[C@@H]5OC(=O)Cc3ccccc3)[C@]21O. The summed E-state index contributed by atoms with van der Waals surface area (Å²) >= 11 is 0. The van der Waals surface area contributed by atoms with Crippen molar-refractivity contribution in [3.63, 3.8) is 0 Å². The van der Waals surface area contributed by atoms with Crippen LogP contribution in [-0.2, 0) is 49.3 Å². The van der Waals surface area contributed by atoms with E-state index >= 15 is 0 Å². The average molecular weight is 559 g/mol. The first-order valence-electron chi connectivity index (χ1n) is 13.3. The lowest BCUT2D eigenvalue weighted by atomic mass is 9.51. The lowest BCUT2D eigenvalue weighted by Gasteiger charge is -2.47. The van der Waals surface area contributed by atoms with Gasteiger partial charge in [-0.2, -0.15) is 0 Å². The van der Waals surface area contributed by atoms with Gasteiger partial charge in [0, 0.05) is 5.92 Å². The smallest absolute Gasteiger partial charge is 0.343 e. The molecule has 214 valence electrons. The van der Waals surface area contributed by atoms with Crippen molar-refractivity contribution in [2.75, 3.05) is 0 Å². The maximum Gasteiger partial charge on any atom is 0.343 e. The number of ether oxygens (including phenoxy) is 5. The molecule has 12 nitrogen and oxygen atoms in total. The fourth-order valence-electron chi connectivity index (χ4n) is 9.31. The molecule has 4 saturated heterocycles. The Bertz CT molecular complexity index is 1350. The Morgan fingerprint density at radius 3 is 2.33 bits per heavy atom. The number of aliphatic hydroxyl groups excluding tert-OH is 2. The summed E-state index contributed by atoms with van der Waals surface area (Å²) in [5, 5.41) is 35.9. The van der Waals surface area contributed by atoms with Gasteiger partial charge in [-0.3, -0.25) is 9.59 Å². The number of benzene rings is 1. The van der Waals surface area contributed by atoms with E-state index in [-0.39, 0.29) is 6.42 Å². The number of hydrogen-bond donors (Lipinski definition) is 3. The topological polar surface area (TPSA) is 175 Å². The minimum Gasteiger partial charge on any atom is -0.458 e. The first kappa shape index (κ1) is 25.9. The van der Waals surface area contributed by atoms with Crippen LogP contribution < -0.4 is 0 Å². The Balaban J connectivity index is 1.46. The van der Waals surface area contributed by atoms with Crippen molar-refractivity contribution < 1.29 is 58.2 Å². The van der Waals surface area contributed by atoms with Gasteiger partial charge in [-0.1, -0.05) is 51.1 Å². The van der Waals surface area contributed by atoms with Crippen molar-refractivity contribution in [3.8, 4) is 0 Å². The van der Waals surface area contributed by atoms with E-state index in [0.717, 1.165) is 0 Å². The molecule has 7 rings (SSSR count). The maximum atomic E-state index is 13.9. The Morgan fingerprint density at radius 2 is 1.68 bits per heavy atom. The van der Waals surface area contributed by atoms with Gasteiger partial charge in [0.2, 0.25) is 11.9 Å². The Kier molecular flexibility index (Phi) is 4.79. The molecule has 0 aromatic heterocycles. The monoisotopic (exact) mass is 558 g/mol. The molecular formula is C28H30O12. The molecule has 2 spiro atoms. The molecular weight excluding hydrogens is 528 g/mol. The van der Waals surface area contributed by atoms with Crippen molar-refractivity contribution in [1.82, 2.24) is 0 Å². The number of hydrogen-bond acceptors (Lipinski definition) is 12. The van der Waals surface area contributed by atoms with Crippen molar-refractivity contribution in [3.05, 3.63) is 35.9 Å². The largest absolute Gasteiger partial charge is 0.458 e. The lowest BCUT2D eigenvalue weighted by molar-refractivity contribution is -0.240. The van der Waals surface area contributed by atoms with Crippen molar-refractivity contribution in [2.24, 2.45) is 28.1 Å². The summed E-state index contributed by atoms with van der Waals surface area (Å²) < 4.78 is 29.1. The molecule has 1 aromatic carbocycles. The Morgan fingerprint density at radius 1 is 1.00 bits per heavy atom. The average Bonchev–Trinajstić information content (AvgIpc) is 3.58. The fourth-order valence-corrected chi connectivity index (χ4v) is 9.31. The van der Waals surface area contributed by atoms with Gasteiger partial charge in [0.15, 0.2) is 23.9 Å². The molecule has 3 N–H and O–H groups in total. The standard InChI is InChI=1S/C28H30O12/c1-11-20(32)37-19-16(30)26-18-14(36-13(29)10-12-8-6-5-7-9-12)15(24(2,3)4)25(26)17(31)21(33)39-23(25)40-28(26,22(34)38-18)27(11,19)35/h5-9,11,14-19,23,30-31,35H,10H2,1-4H3/t11-,14+,15+,16+,17-,18?,19?,23?,25?,26?,27-,28?/m1/s1. The van der Waals surface area contributed by atoms with Crippen LogP contribution in [0.25, 0.3) is 0 Å². The predicted molar refractivity (Wildman–Crippen MR) is 127 cm³/mol. The molecule has 6 unspecified atom stereocenters. The summed E-state index contributed by atoms with van der Waals surface area (Å²) in [6.07, 6.45) is -9.99. The summed E-state index contributed by atoms with van der Waals surface area (Å²) in [5.74, 6) is -6.06. The lowest BCUT2D eigenvalue weighted by Crippen LogP contribution is -2.67. The van der Waals surface area contributed by atoms with Gasteiger partial charge in [-0.15, -0.1) is 0 Å².